The molecule has 0 N–H and O–H groups in total. The minimum atomic E-state index is -0.598. The molecule has 0 amide bonds. The van der Waals surface area contributed by atoms with E-state index in [2.05, 4.69) is 373 Å². The van der Waals surface area contributed by atoms with Gasteiger partial charge in [-0.05, 0) is 209 Å². The molecule has 12 aromatic carbocycles. The van der Waals surface area contributed by atoms with Crippen molar-refractivity contribution in [2.75, 3.05) is 4.90 Å². The van der Waals surface area contributed by atoms with E-state index in [0.717, 1.165) is 43.9 Å². The van der Waals surface area contributed by atoms with E-state index >= 15 is 0 Å². The van der Waals surface area contributed by atoms with E-state index < -0.39 is 16.2 Å². The Balaban J connectivity index is 0.940. The monoisotopic (exact) mass is 1430 g/mol. The summed E-state index contributed by atoms with van der Waals surface area (Å²) in [6.45, 7) is 0. The third kappa shape index (κ3) is 7.83. The SMILES string of the molecule is Brc1ccc2c(c1)C(c1ccccc1)(c1ccc(N(c3ccc(C4(c5ccccc5)c5cc(Br)ccc5-c5ccc(Br)cc54)cc3)c3ccc(C4(c5ccccc5)c5cc(Br)ccc5-c5ccc(Br)cc54)cc3)cc1)c1cc(Br)ccc1-2. The maximum Gasteiger partial charge on any atom is 0.0714 e. The van der Waals surface area contributed by atoms with Crippen molar-refractivity contribution in [2.45, 2.75) is 16.2 Å². The minimum Gasteiger partial charge on any atom is -0.311 e. The lowest BCUT2D eigenvalue weighted by Crippen LogP contribution is -2.29. The lowest BCUT2D eigenvalue weighted by Gasteiger charge is -2.36. The van der Waals surface area contributed by atoms with Crippen LogP contribution < -0.4 is 4.90 Å². The van der Waals surface area contributed by atoms with Crippen LogP contribution in [0.3, 0.4) is 0 Å². The molecule has 0 bridgehead atoms. The van der Waals surface area contributed by atoms with Gasteiger partial charge in [0.15, 0.2) is 0 Å². The molecule has 0 heterocycles. The van der Waals surface area contributed by atoms with Gasteiger partial charge in [0, 0.05) is 43.9 Å². The molecule has 3 aliphatic rings. The van der Waals surface area contributed by atoms with Crippen molar-refractivity contribution in [1.82, 2.24) is 0 Å². The first kappa shape index (κ1) is 52.1. The number of halogens is 6. The highest BCUT2D eigenvalue weighted by atomic mass is 79.9. The highest BCUT2D eigenvalue weighted by Crippen LogP contribution is 2.61. The first-order valence-corrected chi connectivity index (χ1v) is 31.9. The first-order valence-electron chi connectivity index (χ1n) is 27.2. The molecule has 0 saturated heterocycles. The summed E-state index contributed by atoms with van der Waals surface area (Å²) < 4.78 is 6.28. The van der Waals surface area contributed by atoms with Gasteiger partial charge in [-0.25, -0.2) is 0 Å². The molecular weight excluding hydrogens is 1390 g/mol. The Morgan fingerprint density at radius 1 is 0.195 bits per heavy atom. The molecule has 82 heavy (non-hydrogen) atoms. The summed E-state index contributed by atoms with van der Waals surface area (Å²) in [7, 11) is 0. The fraction of sp³-hybridized carbons (Fsp3) is 0.0400. The minimum absolute atomic E-state index is 0.598. The zero-order valence-corrected chi connectivity index (χ0v) is 53.2. The summed E-state index contributed by atoms with van der Waals surface area (Å²) >= 11 is 23.5. The van der Waals surface area contributed by atoms with Gasteiger partial charge in [-0.15, -0.1) is 0 Å². The van der Waals surface area contributed by atoms with Gasteiger partial charge >= 0.3 is 0 Å². The van der Waals surface area contributed by atoms with Crippen LogP contribution in [0.5, 0.6) is 0 Å². The Bertz CT molecular complexity index is 3890. The normalized spacial score (nSPS) is 14.3. The Kier molecular flexibility index (Phi) is 12.9. The summed E-state index contributed by atoms with van der Waals surface area (Å²) in [4.78, 5) is 2.42. The number of rotatable bonds is 9. The molecule has 0 aliphatic heterocycles. The maximum atomic E-state index is 3.91. The van der Waals surface area contributed by atoms with Gasteiger partial charge in [0.05, 0.1) is 16.2 Å². The van der Waals surface area contributed by atoms with Crippen LogP contribution in [0.15, 0.2) is 300 Å². The van der Waals surface area contributed by atoms with Gasteiger partial charge in [0.1, 0.15) is 0 Å². The van der Waals surface area contributed by atoms with Crippen molar-refractivity contribution in [2.24, 2.45) is 0 Å². The van der Waals surface area contributed by atoms with Crippen molar-refractivity contribution in [3.8, 4) is 33.4 Å². The zero-order valence-electron chi connectivity index (χ0n) is 43.7. The Labute approximate surface area is 528 Å². The van der Waals surface area contributed by atoms with Crippen LogP contribution in [-0.2, 0) is 16.2 Å². The quantitative estimate of drug-likeness (QED) is 0.139. The predicted molar refractivity (Wildman–Crippen MR) is 359 cm³/mol. The molecule has 0 unspecified atom stereocenters. The number of hydrogen-bond donors (Lipinski definition) is 0. The van der Waals surface area contributed by atoms with E-state index in [9.17, 15) is 0 Å². The van der Waals surface area contributed by atoms with Gasteiger partial charge in [-0.1, -0.05) is 259 Å². The van der Waals surface area contributed by atoms with E-state index in [1.165, 1.54) is 100 Å². The molecule has 0 fully saturated rings. The molecule has 7 heteroatoms. The maximum absolute atomic E-state index is 3.91. The van der Waals surface area contributed by atoms with Crippen molar-refractivity contribution >= 4 is 113 Å². The van der Waals surface area contributed by atoms with E-state index in [4.69, 9.17) is 0 Å². The van der Waals surface area contributed by atoms with E-state index in [1.54, 1.807) is 0 Å². The average molecular weight is 1440 g/mol. The number of fused-ring (bicyclic) bond motifs is 9. The second kappa shape index (κ2) is 20.3. The number of hydrogen-bond acceptors (Lipinski definition) is 1. The van der Waals surface area contributed by atoms with Crippen LogP contribution in [0, 0.1) is 0 Å². The molecule has 12 aromatic rings. The molecule has 0 atom stereocenters. The summed E-state index contributed by atoms with van der Waals surface area (Å²) in [5, 5.41) is 0. The zero-order chi connectivity index (χ0) is 55.5. The van der Waals surface area contributed by atoms with Crippen LogP contribution in [0.4, 0.5) is 17.1 Å². The smallest absolute Gasteiger partial charge is 0.0714 e. The summed E-state index contributed by atoms with van der Waals surface area (Å²) in [6.07, 6.45) is 0. The van der Waals surface area contributed by atoms with Crippen LogP contribution in [-0.4, -0.2) is 0 Å². The molecule has 0 spiro atoms. The Morgan fingerprint density at radius 2 is 0.378 bits per heavy atom. The lowest BCUT2D eigenvalue weighted by atomic mass is 9.67. The molecule has 3 aliphatic carbocycles. The fourth-order valence-corrected chi connectivity index (χ4v) is 16.4. The summed E-state index contributed by atoms with van der Waals surface area (Å²) in [5.74, 6) is 0. The first-order chi connectivity index (χ1) is 40.1. The topological polar surface area (TPSA) is 3.24 Å². The largest absolute Gasteiger partial charge is 0.311 e. The van der Waals surface area contributed by atoms with Gasteiger partial charge in [-0.3, -0.25) is 0 Å². The standard InChI is InChI=1S/C75H45Br6N/c76-52-22-34-61-62-35-23-53(77)41-68(62)73(67(61)40-52,46-10-4-1-5-11-46)49-16-28-58(29-17-49)82(59-30-18-50(19-31-59)74(47-12-6-2-7-13-47)69-42-54(78)24-36-63(69)64-37-25-55(79)43-70(64)74)60-32-20-51(21-33-60)75(48-14-8-3-9-15-48)71-44-56(80)26-38-65(71)66-39-27-57(81)45-72(66)75/h1-45H. The van der Waals surface area contributed by atoms with Crippen molar-refractivity contribution in [1.29, 1.82) is 0 Å². The van der Waals surface area contributed by atoms with Gasteiger partial charge in [0.25, 0.3) is 0 Å². The predicted octanol–water partition coefficient (Wildman–Crippen LogP) is 22.8. The molecule has 0 saturated carbocycles. The van der Waals surface area contributed by atoms with Crippen LogP contribution in [0.2, 0.25) is 0 Å². The Morgan fingerprint density at radius 3 is 0.573 bits per heavy atom. The van der Waals surface area contributed by atoms with E-state index in [0.29, 0.717) is 0 Å². The third-order valence-corrected chi connectivity index (χ3v) is 20.4. The van der Waals surface area contributed by atoms with Crippen molar-refractivity contribution < 1.29 is 0 Å². The Hall–Kier alpha value is -6.68. The van der Waals surface area contributed by atoms with E-state index in [-0.39, 0.29) is 0 Å². The molecule has 0 radical (unpaired) electrons. The van der Waals surface area contributed by atoms with Crippen LogP contribution >= 0.6 is 95.6 Å². The summed E-state index contributed by atoms with van der Waals surface area (Å²) in [5.41, 5.74) is 23.4. The fourth-order valence-electron chi connectivity index (χ4n) is 14.3. The van der Waals surface area contributed by atoms with Crippen molar-refractivity contribution in [3.05, 3.63) is 367 Å². The molecule has 392 valence electrons. The lowest BCUT2D eigenvalue weighted by molar-refractivity contribution is 0.766. The molecule has 0 aromatic heterocycles. The molecule has 15 rings (SSSR count). The average Bonchev–Trinajstić information content (AvgIpc) is 2.77. The van der Waals surface area contributed by atoms with Gasteiger partial charge in [0.2, 0.25) is 0 Å². The van der Waals surface area contributed by atoms with Crippen LogP contribution in [0.1, 0.15) is 66.8 Å². The van der Waals surface area contributed by atoms with Gasteiger partial charge in [-0.2, -0.15) is 0 Å². The molecular formula is C75H45Br6N. The highest BCUT2D eigenvalue weighted by Gasteiger charge is 2.49. The highest BCUT2D eigenvalue weighted by molar-refractivity contribution is 9.11. The number of anilines is 3. The van der Waals surface area contributed by atoms with Crippen molar-refractivity contribution in [3.63, 3.8) is 0 Å². The number of benzene rings is 12. The second-order valence-electron chi connectivity index (χ2n) is 21.5. The van der Waals surface area contributed by atoms with E-state index in [1.807, 2.05) is 0 Å². The number of nitrogens with zero attached hydrogens (tertiary/aromatic N) is 1. The third-order valence-electron chi connectivity index (χ3n) is 17.5. The summed E-state index contributed by atoms with van der Waals surface area (Å²) in [6, 6.07) is 102. The van der Waals surface area contributed by atoms with Gasteiger partial charge < -0.3 is 4.90 Å². The second-order valence-corrected chi connectivity index (χ2v) is 27.0. The molecule has 1 nitrogen and oxygen atoms in total. The van der Waals surface area contributed by atoms with Crippen LogP contribution in [0.25, 0.3) is 33.4 Å².